The van der Waals surface area contributed by atoms with E-state index < -0.39 is 23.9 Å². The Balaban J connectivity index is 0.00000216. The first-order valence-corrected chi connectivity index (χ1v) is 20.0. The number of rotatable bonds is 12. The van der Waals surface area contributed by atoms with Crippen molar-refractivity contribution >= 4 is 70.2 Å². The third kappa shape index (κ3) is 11.2. The van der Waals surface area contributed by atoms with Gasteiger partial charge in [0.1, 0.15) is 0 Å². The van der Waals surface area contributed by atoms with Crippen molar-refractivity contribution in [2.45, 2.75) is 26.2 Å². The first kappa shape index (κ1) is 52.0. The summed E-state index contributed by atoms with van der Waals surface area (Å²) >= 11 is 0. The summed E-state index contributed by atoms with van der Waals surface area (Å²) in [6.07, 6.45) is 21.1. The Labute approximate surface area is 429 Å². The lowest BCUT2D eigenvalue weighted by atomic mass is 10.0. The lowest BCUT2D eigenvalue weighted by Gasteiger charge is -2.06. The number of carbonyl (C=O) groups is 4. The molecule has 68 heavy (non-hydrogen) atoms. The topological polar surface area (TPSA) is 222 Å². The van der Waals surface area contributed by atoms with E-state index in [0.717, 1.165) is 0 Å². The van der Waals surface area contributed by atoms with Gasteiger partial charge in [-0.3, -0.25) is 0 Å². The van der Waals surface area contributed by atoms with Gasteiger partial charge in [-0.2, -0.15) is 18.3 Å². The van der Waals surface area contributed by atoms with Crippen molar-refractivity contribution in [3.8, 4) is 44.5 Å². The molecule has 2 aliphatic heterocycles. The number of carboxylic acids is 4. The number of nitrogens with one attached hydrogen (secondary N) is 2. The maximum Gasteiger partial charge on any atom is 0.370 e. The largest absolute Gasteiger partial charge is 1.00 e. The van der Waals surface area contributed by atoms with Crippen LogP contribution < -0.4 is 86.2 Å². The first-order chi connectivity index (χ1) is 30.9. The van der Waals surface area contributed by atoms with Gasteiger partial charge < -0.3 is 98.3 Å². The highest BCUT2D eigenvalue weighted by molar-refractivity contribution is 5.99. The summed E-state index contributed by atoms with van der Waals surface area (Å²) in [6, 6.07) is 22.2. The molecule has 8 bridgehead atoms. The van der Waals surface area contributed by atoms with Crippen molar-refractivity contribution in [3.63, 3.8) is 0 Å². The number of halogens is 4. The number of aliphatic carboxylic acids is 4. The van der Waals surface area contributed by atoms with Crippen LogP contribution in [-0.4, -0.2) is 64.2 Å². The molecule has 346 valence electrons. The van der Waals surface area contributed by atoms with E-state index in [4.69, 9.17) is 9.97 Å². The Hall–Kier alpha value is -7.00. The van der Waals surface area contributed by atoms with Crippen LogP contribution in [0.25, 0.3) is 90.9 Å². The van der Waals surface area contributed by atoms with Crippen molar-refractivity contribution < 1.29 is 126 Å². The maximum atomic E-state index is 11.8. The van der Waals surface area contributed by atoms with Gasteiger partial charge in [-0.05, 0) is 72.8 Å². The average molecular weight is 1170 g/mol. The van der Waals surface area contributed by atoms with Crippen LogP contribution in [0.4, 0.5) is 0 Å². The van der Waals surface area contributed by atoms with Crippen molar-refractivity contribution in [1.82, 2.24) is 19.9 Å². The van der Waals surface area contributed by atoms with Gasteiger partial charge in [0.05, 0.1) is 28.3 Å². The third-order valence-electron chi connectivity index (χ3n) is 10.6. The molecule has 2 aliphatic rings. The zero-order valence-electron chi connectivity index (χ0n) is 35.3. The van der Waals surface area contributed by atoms with Crippen molar-refractivity contribution in [3.05, 3.63) is 145 Å². The van der Waals surface area contributed by atoms with Gasteiger partial charge in [-0.15, -0.1) is 0 Å². The summed E-state index contributed by atoms with van der Waals surface area (Å²) in [7, 11) is 0. The smallest absolute Gasteiger partial charge is 0.370 e. The van der Waals surface area contributed by atoms with E-state index in [1.165, 1.54) is 0 Å². The maximum absolute atomic E-state index is 11.8. The monoisotopic (exact) mass is 1170 g/mol. The number of H-pyrrole nitrogens is 2. The highest BCUT2D eigenvalue weighted by Crippen LogP contribution is 2.37. The zero-order valence-corrected chi connectivity index (χ0v) is 41.6. The van der Waals surface area contributed by atoms with Crippen LogP contribution in [0.5, 0.6) is 0 Å². The number of carboxylic acid groups (broad SMARTS) is 4. The predicted octanol–water partition coefficient (Wildman–Crippen LogP) is -7.17. The van der Waals surface area contributed by atoms with Crippen molar-refractivity contribution in [2.75, 3.05) is 0 Å². The van der Waals surface area contributed by atoms with Crippen LogP contribution in [0.1, 0.15) is 22.8 Å². The van der Waals surface area contributed by atoms with E-state index in [2.05, 4.69) is 9.97 Å². The standard InChI is InChI=1S/C48H34N8O8.4BrH/c57-41(58)25-53-17-1-5-29(21-53)45-33-9-11-35(49-33)46(30-6-2-18-54(22-30)26-42(59)60)37-13-15-39(51-37)48(32-8-4-20-56(24-32)28-44(63)64)40-16-14-38(52-40)47(36-12-10-34(45)50-36)31-7-3-19-55(23-31)27-43(61)62;;;;/h1-24H,25-28H2,(H2-4,49,50,51,52,57,58,59,60,61,62,63,64);4*1H. The van der Waals surface area contributed by atoms with E-state index in [1.807, 2.05) is 72.8 Å². The Morgan fingerprint density at radius 2 is 0.632 bits per heavy atom. The quantitative estimate of drug-likeness (QED) is 0.0636. The summed E-state index contributed by atoms with van der Waals surface area (Å²) in [5.74, 6) is -4.04. The minimum absolute atomic E-state index is 0. The Bertz CT molecular complexity index is 3200. The number of nitrogens with zero attached hydrogens (tertiary/aromatic N) is 6. The first-order valence-electron chi connectivity index (χ1n) is 20.0. The molecule has 0 aromatic carbocycles. The van der Waals surface area contributed by atoms with E-state index in [-0.39, 0.29) is 94.1 Å². The van der Waals surface area contributed by atoms with Crippen LogP contribution in [0, 0.1) is 0 Å². The summed E-state index contributed by atoms with van der Waals surface area (Å²) in [4.78, 5) is 65.0. The van der Waals surface area contributed by atoms with Gasteiger partial charge in [0.2, 0.25) is 26.2 Å². The van der Waals surface area contributed by atoms with E-state index in [0.29, 0.717) is 89.4 Å². The molecular formula is C48H38Br4N8O8. The number of aromatic amines is 2. The molecule has 6 N–H and O–H groups in total. The number of hydrogen-bond acceptors (Lipinski definition) is 6. The third-order valence-corrected chi connectivity index (χ3v) is 10.6. The molecule has 0 amide bonds. The highest BCUT2D eigenvalue weighted by Gasteiger charge is 2.23. The van der Waals surface area contributed by atoms with Crippen LogP contribution in [0.2, 0.25) is 0 Å². The van der Waals surface area contributed by atoms with Gasteiger partial charge in [-0.25, -0.2) is 29.1 Å². The number of hydrogen-bond donors (Lipinski definition) is 6. The minimum atomic E-state index is -1.01. The molecule has 0 radical (unpaired) electrons. The average Bonchev–Trinajstić information content (AvgIpc) is 4.09. The van der Waals surface area contributed by atoms with E-state index >= 15 is 0 Å². The molecule has 20 heteroatoms. The predicted molar refractivity (Wildman–Crippen MR) is 232 cm³/mol. The molecule has 9 rings (SSSR count). The normalized spacial score (nSPS) is 11.1. The molecule has 0 atom stereocenters. The van der Waals surface area contributed by atoms with E-state index in [9.17, 15) is 39.6 Å². The van der Waals surface area contributed by atoms with E-state index in [1.54, 1.807) is 92.1 Å². The molecule has 0 fully saturated rings. The van der Waals surface area contributed by atoms with Crippen LogP contribution >= 0.6 is 0 Å². The van der Waals surface area contributed by atoms with Crippen LogP contribution in [-0.2, 0) is 45.4 Å². The number of pyridine rings is 4. The van der Waals surface area contributed by atoms with Gasteiger partial charge in [0, 0.05) is 85.3 Å². The van der Waals surface area contributed by atoms with Crippen molar-refractivity contribution in [2.24, 2.45) is 0 Å². The molecule has 0 spiro atoms. The lowest BCUT2D eigenvalue weighted by Crippen LogP contribution is -3.00. The molecule has 0 saturated carbocycles. The zero-order chi connectivity index (χ0) is 44.5. The van der Waals surface area contributed by atoms with Crippen molar-refractivity contribution in [1.29, 1.82) is 0 Å². The van der Waals surface area contributed by atoms with Gasteiger partial charge in [-0.1, -0.05) is 0 Å². The fourth-order valence-corrected chi connectivity index (χ4v) is 8.12. The molecule has 0 aliphatic carbocycles. The molecule has 16 nitrogen and oxygen atoms in total. The summed E-state index contributed by atoms with van der Waals surface area (Å²) in [6.45, 7) is -1.10. The Morgan fingerprint density at radius 3 is 0.926 bits per heavy atom. The lowest BCUT2D eigenvalue weighted by molar-refractivity contribution is -0.685. The summed E-state index contributed by atoms with van der Waals surface area (Å²) in [5, 5.41) is 38.7. The second-order valence-electron chi connectivity index (χ2n) is 15.1. The Kier molecular flexibility index (Phi) is 17.0. The van der Waals surface area contributed by atoms with Gasteiger partial charge in [0.15, 0.2) is 49.6 Å². The second-order valence-corrected chi connectivity index (χ2v) is 15.1. The molecule has 7 aromatic heterocycles. The Morgan fingerprint density at radius 1 is 0.382 bits per heavy atom. The molecule has 9 heterocycles. The minimum Gasteiger partial charge on any atom is -1.00 e. The van der Waals surface area contributed by atoms with Gasteiger partial charge in [0.25, 0.3) is 0 Å². The summed E-state index contributed by atoms with van der Waals surface area (Å²) in [5.41, 5.74) is 10.1. The highest BCUT2D eigenvalue weighted by atomic mass is 79.9. The molecule has 0 unspecified atom stereocenters. The number of fused-ring (bicyclic) bond motifs is 8. The fourth-order valence-electron chi connectivity index (χ4n) is 8.12. The van der Waals surface area contributed by atoms with Gasteiger partial charge >= 0.3 is 23.9 Å². The molecule has 0 saturated heterocycles. The number of aromatic nitrogens is 8. The second kappa shape index (κ2) is 22.2. The van der Waals surface area contributed by atoms with Crippen LogP contribution in [0.15, 0.2) is 122 Å². The molecule has 7 aromatic rings. The fraction of sp³-hybridized carbons (Fsp3) is 0.0833. The van der Waals surface area contributed by atoms with Crippen LogP contribution in [0.3, 0.4) is 0 Å². The molecular weight excluding hydrogens is 1140 g/mol. The summed E-state index contributed by atoms with van der Waals surface area (Å²) < 4.78 is 6.29. The SMILES string of the molecule is O=C(O)C[n+]1cccc(-c2c3nc(c(-c4ccc[n+](CC(=O)O)c4)c4ccc([nH]4)c(-c4ccc[n+](CC(=O)O)c4)c4ccc([nH]4)c(-c4ccc[n+](CC(=O)O)c4)c4nc2C=C4)C=C3)c1.[Br-].[Br-].[Br-].[Br-].